The molecule has 0 aliphatic carbocycles. The van der Waals surface area contributed by atoms with Crippen LogP contribution in [-0.2, 0) is 6.54 Å². The molecule has 0 atom stereocenters. The molecular formula is C25H23N3O3. The molecule has 2 aromatic carbocycles. The maximum Gasteiger partial charge on any atom is 0.258 e. The van der Waals surface area contributed by atoms with Gasteiger partial charge in [-0.1, -0.05) is 6.07 Å². The average Bonchev–Trinajstić information content (AvgIpc) is 2.79. The van der Waals surface area contributed by atoms with E-state index in [1.807, 2.05) is 50.2 Å². The fourth-order valence-electron chi connectivity index (χ4n) is 3.47. The van der Waals surface area contributed by atoms with Crippen molar-refractivity contribution in [1.29, 1.82) is 0 Å². The normalized spacial score (nSPS) is 10.8. The fraction of sp³-hybridized carbons (Fsp3) is 0.160. The molecular weight excluding hydrogens is 390 g/mol. The monoisotopic (exact) mass is 413 g/mol. The van der Waals surface area contributed by atoms with Gasteiger partial charge >= 0.3 is 0 Å². The van der Waals surface area contributed by atoms with Crippen LogP contribution >= 0.6 is 0 Å². The van der Waals surface area contributed by atoms with Gasteiger partial charge in [0.25, 0.3) is 11.5 Å². The first-order valence-electron chi connectivity index (χ1n) is 9.95. The molecule has 0 fully saturated rings. The highest BCUT2D eigenvalue weighted by atomic mass is 16.5. The first-order chi connectivity index (χ1) is 15.0. The van der Waals surface area contributed by atoms with Crippen molar-refractivity contribution in [3.63, 3.8) is 0 Å². The molecule has 4 rings (SSSR count). The fourth-order valence-corrected chi connectivity index (χ4v) is 3.47. The molecule has 2 aromatic heterocycles. The van der Waals surface area contributed by atoms with Crippen LogP contribution in [0.25, 0.3) is 10.9 Å². The van der Waals surface area contributed by atoms with E-state index in [-0.39, 0.29) is 18.0 Å². The number of fused-ring (bicyclic) bond motifs is 1. The Balaban J connectivity index is 1.80. The zero-order valence-electron chi connectivity index (χ0n) is 17.7. The van der Waals surface area contributed by atoms with Gasteiger partial charge in [-0.25, -0.2) is 0 Å². The van der Waals surface area contributed by atoms with Gasteiger partial charge in [-0.05, 0) is 73.5 Å². The van der Waals surface area contributed by atoms with E-state index in [1.165, 1.54) is 0 Å². The van der Waals surface area contributed by atoms with Gasteiger partial charge in [0.1, 0.15) is 5.75 Å². The lowest BCUT2D eigenvalue weighted by Crippen LogP contribution is -2.33. The number of ether oxygens (including phenoxy) is 1. The summed E-state index contributed by atoms with van der Waals surface area (Å²) < 4.78 is 5.30. The van der Waals surface area contributed by atoms with E-state index in [1.54, 1.807) is 42.6 Å². The minimum absolute atomic E-state index is 0.131. The smallest absolute Gasteiger partial charge is 0.258 e. The molecule has 6 heteroatoms. The van der Waals surface area contributed by atoms with Crippen LogP contribution in [0, 0.1) is 13.8 Å². The summed E-state index contributed by atoms with van der Waals surface area (Å²) in [6.07, 6.45) is 3.17. The minimum Gasteiger partial charge on any atom is -0.497 e. The van der Waals surface area contributed by atoms with Crippen LogP contribution < -0.4 is 15.2 Å². The van der Waals surface area contributed by atoms with Crippen molar-refractivity contribution < 1.29 is 9.53 Å². The Labute approximate surface area is 180 Å². The molecule has 1 amide bonds. The van der Waals surface area contributed by atoms with E-state index in [9.17, 15) is 9.59 Å². The third-order valence-electron chi connectivity index (χ3n) is 5.43. The number of rotatable bonds is 5. The Bertz CT molecular complexity index is 1310. The quantitative estimate of drug-likeness (QED) is 0.526. The van der Waals surface area contributed by atoms with Gasteiger partial charge in [-0.15, -0.1) is 0 Å². The van der Waals surface area contributed by atoms with Crippen molar-refractivity contribution >= 4 is 22.5 Å². The molecule has 0 spiro atoms. The van der Waals surface area contributed by atoms with Crippen molar-refractivity contribution in [2.45, 2.75) is 20.4 Å². The van der Waals surface area contributed by atoms with Gasteiger partial charge in [-0.3, -0.25) is 14.6 Å². The number of pyridine rings is 2. The number of nitrogens with zero attached hydrogens (tertiary/aromatic N) is 2. The zero-order chi connectivity index (χ0) is 22.0. The van der Waals surface area contributed by atoms with E-state index >= 15 is 0 Å². The molecule has 6 nitrogen and oxygen atoms in total. The summed E-state index contributed by atoms with van der Waals surface area (Å²) in [6.45, 7) is 4.16. The number of carbonyl (C=O) groups excluding carboxylic acids is 1. The Morgan fingerprint density at radius 3 is 2.48 bits per heavy atom. The molecule has 0 aliphatic heterocycles. The number of anilines is 1. The maximum absolute atomic E-state index is 13.4. The highest BCUT2D eigenvalue weighted by molar-refractivity contribution is 6.06. The first kappa shape index (κ1) is 20.3. The number of aromatic nitrogens is 2. The number of hydrogen-bond donors (Lipinski definition) is 1. The summed E-state index contributed by atoms with van der Waals surface area (Å²) >= 11 is 0. The molecule has 0 unspecified atom stereocenters. The number of carbonyl (C=O) groups is 1. The second-order valence-electron chi connectivity index (χ2n) is 7.47. The largest absolute Gasteiger partial charge is 0.497 e. The summed E-state index contributed by atoms with van der Waals surface area (Å²) in [5, 5.41) is 0.838. The number of aryl methyl sites for hydroxylation is 2. The van der Waals surface area contributed by atoms with Gasteiger partial charge < -0.3 is 14.6 Å². The van der Waals surface area contributed by atoms with Gasteiger partial charge in [0.2, 0.25) is 0 Å². The lowest BCUT2D eigenvalue weighted by molar-refractivity contribution is 0.0985. The molecule has 0 saturated heterocycles. The predicted molar refractivity (Wildman–Crippen MR) is 122 cm³/mol. The molecule has 1 N–H and O–H groups in total. The highest BCUT2D eigenvalue weighted by Gasteiger charge is 2.20. The highest BCUT2D eigenvalue weighted by Crippen LogP contribution is 2.24. The van der Waals surface area contributed by atoms with Crippen molar-refractivity contribution in [2.24, 2.45) is 0 Å². The number of hydrogen-bond acceptors (Lipinski definition) is 4. The Hall–Kier alpha value is -3.93. The number of aromatic amines is 1. The van der Waals surface area contributed by atoms with Crippen LogP contribution in [0.4, 0.5) is 5.69 Å². The van der Waals surface area contributed by atoms with Gasteiger partial charge in [-0.2, -0.15) is 0 Å². The second-order valence-corrected chi connectivity index (χ2v) is 7.47. The predicted octanol–water partition coefficient (Wildman–Crippen LogP) is 4.40. The summed E-state index contributed by atoms with van der Waals surface area (Å²) in [5.41, 5.74) is 4.42. The topological polar surface area (TPSA) is 75.3 Å². The van der Waals surface area contributed by atoms with Crippen LogP contribution in [0.5, 0.6) is 5.75 Å². The first-order valence-corrected chi connectivity index (χ1v) is 9.95. The summed E-state index contributed by atoms with van der Waals surface area (Å²) in [5.74, 6) is 0.500. The molecule has 156 valence electrons. The van der Waals surface area contributed by atoms with E-state index in [2.05, 4.69) is 9.97 Å². The van der Waals surface area contributed by atoms with Gasteiger partial charge in [0, 0.05) is 40.1 Å². The third kappa shape index (κ3) is 4.19. The lowest BCUT2D eigenvalue weighted by atomic mass is 10.1. The summed E-state index contributed by atoms with van der Waals surface area (Å²) in [6, 6.07) is 16.5. The standard InChI is InChI=1S/C25H23N3O3/c1-16-4-5-21(12-17(16)2)28(25(30)18-8-10-26-11-9-18)15-20-13-19-14-22(31-3)6-7-23(19)27-24(20)29/h4-14H,15H2,1-3H3,(H,27,29). The van der Waals surface area contributed by atoms with E-state index in [0.29, 0.717) is 22.4 Å². The number of benzene rings is 2. The van der Waals surface area contributed by atoms with Crippen LogP contribution in [0.1, 0.15) is 27.0 Å². The van der Waals surface area contributed by atoms with Crippen molar-refractivity contribution in [2.75, 3.05) is 12.0 Å². The second kappa shape index (κ2) is 8.44. The summed E-state index contributed by atoms with van der Waals surface area (Å²) in [7, 11) is 1.60. The number of nitrogens with one attached hydrogen (secondary N) is 1. The van der Waals surface area contributed by atoms with Crippen LogP contribution in [0.2, 0.25) is 0 Å². The SMILES string of the molecule is COc1ccc2[nH]c(=O)c(CN(C(=O)c3ccncc3)c3ccc(C)c(C)c3)cc2c1. The maximum atomic E-state index is 13.4. The Morgan fingerprint density at radius 2 is 1.77 bits per heavy atom. The average molecular weight is 413 g/mol. The van der Waals surface area contributed by atoms with Crippen molar-refractivity contribution in [1.82, 2.24) is 9.97 Å². The molecule has 0 saturated carbocycles. The Kier molecular flexibility index (Phi) is 5.54. The van der Waals surface area contributed by atoms with Crippen molar-refractivity contribution in [3.8, 4) is 5.75 Å². The number of methoxy groups -OCH3 is 1. The van der Waals surface area contributed by atoms with E-state index in [4.69, 9.17) is 4.74 Å². The summed E-state index contributed by atoms with van der Waals surface area (Å²) in [4.78, 5) is 34.7. The van der Waals surface area contributed by atoms with Crippen LogP contribution in [0.15, 0.2) is 71.8 Å². The van der Waals surface area contributed by atoms with E-state index in [0.717, 1.165) is 22.2 Å². The van der Waals surface area contributed by atoms with Crippen LogP contribution in [0.3, 0.4) is 0 Å². The molecule has 2 heterocycles. The Morgan fingerprint density at radius 1 is 1.00 bits per heavy atom. The molecule has 4 aromatic rings. The van der Waals surface area contributed by atoms with Gasteiger partial charge in [0.05, 0.1) is 13.7 Å². The third-order valence-corrected chi connectivity index (χ3v) is 5.43. The molecule has 0 aliphatic rings. The molecule has 31 heavy (non-hydrogen) atoms. The number of amides is 1. The molecule has 0 radical (unpaired) electrons. The van der Waals surface area contributed by atoms with Crippen molar-refractivity contribution in [3.05, 3.63) is 99.6 Å². The zero-order valence-corrected chi connectivity index (χ0v) is 17.7. The van der Waals surface area contributed by atoms with Gasteiger partial charge in [0.15, 0.2) is 0 Å². The van der Waals surface area contributed by atoms with Crippen LogP contribution in [-0.4, -0.2) is 23.0 Å². The lowest BCUT2D eigenvalue weighted by Gasteiger charge is -2.24. The van der Waals surface area contributed by atoms with E-state index < -0.39 is 0 Å². The number of H-pyrrole nitrogens is 1. The minimum atomic E-state index is -0.228. The molecule has 0 bridgehead atoms.